The lowest BCUT2D eigenvalue weighted by atomic mass is 9.94. The van der Waals surface area contributed by atoms with Crippen LogP contribution in [-0.4, -0.2) is 43.5 Å². The Morgan fingerprint density at radius 3 is 2.30 bits per heavy atom. The van der Waals surface area contributed by atoms with E-state index in [-0.39, 0.29) is 12.2 Å². The highest BCUT2D eigenvalue weighted by Crippen LogP contribution is 2.48. The van der Waals surface area contributed by atoms with E-state index in [9.17, 15) is 22.4 Å². The predicted octanol–water partition coefficient (Wildman–Crippen LogP) is 0.861. The third-order valence-electron chi connectivity index (χ3n) is 3.96. The van der Waals surface area contributed by atoms with Crippen molar-refractivity contribution in [1.29, 1.82) is 0 Å². The van der Waals surface area contributed by atoms with Crippen LogP contribution < -0.4 is 5.32 Å². The molecule has 6 nitrogen and oxygen atoms in total. The van der Waals surface area contributed by atoms with Crippen molar-refractivity contribution in [3.63, 3.8) is 0 Å². The molecule has 1 fully saturated rings. The molecule has 1 amide bonds. The third kappa shape index (κ3) is 4.28. The number of amides is 1. The SMILES string of the molecule is CS(=O)(=O)CC[C@H](NC(=O)C1(c2ccc(F)cc2)CC1)C(=O)O. The molecule has 0 aliphatic heterocycles. The molecule has 0 radical (unpaired) electrons. The van der Waals surface area contributed by atoms with Gasteiger partial charge in [0, 0.05) is 6.26 Å². The van der Waals surface area contributed by atoms with Gasteiger partial charge in [-0.15, -0.1) is 0 Å². The van der Waals surface area contributed by atoms with Crippen LogP contribution in [0, 0.1) is 5.82 Å². The molecule has 0 saturated heterocycles. The van der Waals surface area contributed by atoms with Crippen molar-refractivity contribution in [3.05, 3.63) is 35.6 Å². The fraction of sp³-hybridized carbons (Fsp3) is 0.467. The van der Waals surface area contributed by atoms with E-state index in [0.717, 1.165) is 6.26 Å². The second-order valence-electron chi connectivity index (χ2n) is 5.87. The number of carboxylic acid groups (broad SMARTS) is 1. The Morgan fingerprint density at radius 1 is 1.30 bits per heavy atom. The zero-order chi connectivity index (χ0) is 17.3. The van der Waals surface area contributed by atoms with E-state index in [0.29, 0.717) is 18.4 Å². The highest BCUT2D eigenvalue weighted by Gasteiger charge is 2.51. The van der Waals surface area contributed by atoms with Crippen molar-refractivity contribution in [2.75, 3.05) is 12.0 Å². The fourth-order valence-electron chi connectivity index (χ4n) is 2.43. The van der Waals surface area contributed by atoms with Gasteiger partial charge in [0.2, 0.25) is 5.91 Å². The van der Waals surface area contributed by atoms with Crippen LogP contribution in [0.3, 0.4) is 0 Å². The molecule has 0 unspecified atom stereocenters. The molecular weight excluding hydrogens is 325 g/mol. The third-order valence-corrected chi connectivity index (χ3v) is 4.94. The Labute approximate surface area is 133 Å². The Hall–Kier alpha value is -1.96. The van der Waals surface area contributed by atoms with E-state index in [1.54, 1.807) is 0 Å². The summed E-state index contributed by atoms with van der Waals surface area (Å²) in [7, 11) is -3.32. The predicted molar refractivity (Wildman–Crippen MR) is 81.2 cm³/mol. The lowest BCUT2D eigenvalue weighted by molar-refractivity contribution is -0.142. The number of carbonyl (C=O) groups excluding carboxylic acids is 1. The first kappa shape index (κ1) is 17.4. The number of aliphatic carboxylic acids is 1. The molecule has 0 heterocycles. The highest BCUT2D eigenvalue weighted by molar-refractivity contribution is 7.90. The molecule has 0 bridgehead atoms. The van der Waals surface area contributed by atoms with Gasteiger partial charge in [0.1, 0.15) is 21.7 Å². The van der Waals surface area contributed by atoms with Crippen LogP contribution >= 0.6 is 0 Å². The van der Waals surface area contributed by atoms with E-state index < -0.39 is 39.0 Å². The summed E-state index contributed by atoms with van der Waals surface area (Å²) in [5.41, 5.74) is -0.212. The van der Waals surface area contributed by atoms with Crippen LogP contribution in [0.2, 0.25) is 0 Å². The van der Waals surface area contributed by atoms with E-state index in [1.165, 1.54) is 24.3 Å². The zero-order valence-electron chi connectivity index (χ0n) is 12.6. The molecule has 2 rings (SSSR count). The van der Waals surface area contributed by atoms with Crippen molar-refractivity contribution in [2.45, 2.75) is 30.7 Å². The maximum Gasteiger partial charge on any atom is 0.326 e. The molecule has 0 aromatic heterocycles. The number of sulfone groups is 1. The van der Waals surface area contributed by atoms with Crippen LogP contribution in [0.4, 0.5) is 4.39 Å². The number of carbonyl (C=O) groups is 2. The van der Waals surface area contributed by atoms with Crippen molar-refractivity contribution in [3.8, 4) is 0 Å². The van der Waals surface area contributed by atoms with Gasteiger partial charge in [0.15, 0.2) is 0 Å². The highest BCUT2D eigenvalue weighted by atomic mass is 32.2. The van der Waals surface area contributed by atoms with E-state index >= 15 is 0 Å². The second-order valence-corrected chi connectivity index (χ2v) is 8.13. The van der Waals surface area contributed by atoms with Crippen LogP contribution in [-0.2, 0) is 24.8 Å². The zero-order valence-corrected chi connectivity index (χ0v) is 13.4. The first-order valence-electron chi connectivity index (χ1n) is 7.12. The summed E-state index contributed by atoms with van der Waals surface area (Å²) < 4.78 is 35.3. The van der Waals surface area contributed by atoms with Gasteiger partial charge in [-0.2, -0.15) is 0 Å². The maximum atomic E-state index is 13.0. The summed E-state index contributed by atoms with van der Waals surface area (Å²) in [5, 5.41) is 11.6. The number of carboxylic acids is 1. The largest absolute Gasteiger partial charge is 0.480 e. The van der Waals surface area contributed by atoms with Gasteiger partial charge in [-0.3, -0.25) is 4.79 Å². The topological polar surface area (TPSA) is 101 Å². The Bertz CT molecular complexity index is 710. The number of hydrogen-bond donors (Lipinski definition) is 2. The molecule has 1 aromatic rings. The lowest BCUT2D eigenvalue weighted by Gasteiger charge is -2.20. The summed E-state index contributed by atoms with van der Waals surface area (Å²) >= 11 is 0. The summed E-state index contributed by atoms with van der Waals surface area (Å²) in [6.45, 7) is 0. The summed E-state index contributed by atoms with van der Waals surface area (Å²) in [5.74, 6) is -2.49. The normalized spacial score (nSPS) is 17.3. The number of hydrogen-bond acceptors (Lipinski definition) is 4. The Balaban J connectivity index is 2.09. The average Bonchev–Trinajstić information content (AvgIpc) is 3.24. The van der Waals surface area contributed by atoms with Crippen molar-refractivity contribution in [2.24, 2.45) is 0 Å². The van der Waals surface area contributed by atoms with Crippen LogP contribution in [0.1, 0.15) is 24.8 Å². The van der Waals surface area contributed by atoms with Gasteiger partial charge in [0.25, 0.3) is 0 Å². The standard InChI is InChI=1S/C15H18FNO5S/c1-23(21,22)9-6-12(13(18)19)17-14(20)15(7-8-15)10-2-4-11(16)5-3-10/h2-5,12H,6-9H2,1H3,(H,17,20)(H,18,19)/t12-/m0/s1. The minimum absolute atomic E-state index is 0.195. The Kier molecular flexibility index (Phi) is 4.74. The van der Waals surface area contributed by atoms with Crippen LogP contribution in [0.15, 0.2) is 24.3 Å². The van der Waals surface area contributed by atoms with Gasteiger partial charge < -0.3 is 10.4 Å². The van der Waals surface area contributed by atoms with E-state index in [2.05, 4.69) is 5.32 Å². The first-order chi connectivity index (χ1) is 10.6. The number of halogens is 1. The molecule has 1 aliphatic rings. The molecule has 1 saturated carbocycles. The Morgan fingerprint density at radius 2 is 1.87 bits per heavy atom. The molecule has 2 N–H and O–H groups in total. The van der Waals surface area contributed by atoms with E-state index in [4.69, 9.17) is 5.11 Å². The van der Waals surface area contributed by atoms with Crippen molar-refractivity contribution in [1.82, 2.24) is 5.32 Å². The number of rotatable bonds is 7. The van der Waals surface area contributed by atoms with E-state index in [1.807, 2.05) is 0 Å². The summed E-state index contributed by atoms with van der Waals surface area (Å²) in [6.07, 6.45) is 1.90. The molecule has 0 spiro atoms. The van der Waals surface area contributed by atoms with Gasteiger partial charge in [-0.05, 0) is 37.0 Å². The lowest BCUT2D eigenvalue weighted by Crippen LogP contribution is -2.46. The molecule has 1 aliphatic carbocycles. The van der Waals surface area contributed by atoms with Crippen LogP contribution in [0.5, 0.6) is 0 Å². The van der Waals surface area contributed by atoms with Gasteiger partial charge in [0.05, 0.1) is 11.2 Å². The second kappa shape index (κ2) is 6.27. The average molecular weight is 343 g/mol. The van der Waals surface area contributed by atoms with Gasteiger partial charge >= 0.3 is 5.97 Å². The molecule has 1 atom stereocenters. The molecule has 8 heteroatoms. The van der Waals surface area contributed by atoms with Crippen molar-refractivity contribution < 1.29 is 27.5 Å². The monoisotopic (exact) mass is 343 g/mol. The fourth-order valence-corrected chi connectivity index (χ4v) is 3.09. The van der Waals surface area contributed by atoms with Gasteiger partial charge in [-0.25, -0.2) is 17.6 Å². The van der Waals surface area contributed by atoms with Crippen molar-refractivity contribution >= 4 is 21.7 Å². The first-order valence-corrected chi connectivity index (χ1v) is 9.18. The van der Waals surface area contributed by atoms with Crippen LogP contribution in [0.25, 0.3) is 0 Å². The smallest absolute Gasteiger partial charge is 0.326 e. The number of nitrogens with one attached hydrogen (secondary N) is 1. The molecule has 1 aromatic carbocycles. The molecule has 126 valence electrons. The van der Waals surface area contributed by atoms with Gasteiger partial charge in [-0.1, -0.05) is 12.1 Å². The molecular formula is C15H18FNO5S. The number of benzene rings is 1. The minimum atomic E-state index is -3.32. The molecule has 23 heavy (non-hydrogen) atoms. The maximum absolute atomic E-state index is 13.0. The minimum Gasteiger partial charge on any atom is -0.480 e. The summed E-state index contributed by atoms with van der Waals surface area (Å²) in [4.78, 5) is 23.7. The quantitative estimate of drug-likeness (QED) is 0.765. The summed E-state index contributed by atoms with van der Waals surface area (Å²) in [6, 6.07) is 4.25.